The third kappa shape index (κ3) is 6.04. The number of aromatic hydroxyl groups is 1. The molecule has 2 N–H and O–H groups in total. The standard InChI is InChI=1S/C27H36O5/c1-18(8-6-10-20-11-12-23(26(3,4)30)31-25(20)29)9-7-14-27(5)15-13-21-17-22(28)16-19(2)24(21)32-27/h9-10,13,15-17,23,28,30H,6-8,11-12,14H2,1-5H3/b18-9+,20-10-/t23-,27+/m1/s1. The minimum atomic E-state index is -1.00. The molecule has 1 aromatic rings. The Hall–Kier alpha value is -2.53. The van der Waals surface area contributed by atoms with Crippen LogP contribution in [0.3, 0.4) is 0 Å². The Kier molecular flexibility index (Phi) is 7.19. The van der Waals surface area contributed by atoms with Crippen LogP contribution in [0.1, 0.15) is 77.3 Å². The fraction of sp³-hybridized carbons (Fsp3) is 0.519. The van der Waals surface area contributed by atoms with E-state index in [9.17, 15) is 15.0 Å². The molecule has 0 spiro atoms. The van der Waals surface area contributed by atoms with Crippen LogP contribution in [-0.2, 0) is 9.53 Å². The van der Waals surface area contributed by atoms with Gasteiger partial charge in [0.15, 0.2) is 0 Å². The van der Waals surface area contributed by atoms with Crippen molar-refractivity contribution in [2.24, 2.45) is 0 Å². The SMILES string of the molecule is C/C(=C\CC[C@@]1(C)C=Cc2cc(O)cc(C)c2O1)CC/C=C1/CC[C@H](C(C)(C)O)OC1=O. The molecule has 0 amide bonds. The van der Waals surface area contributed by atoms with Gasteiger partial charge >= 0.3 is 5.97 Å². The van der Waals surface area contributed by atoms with Crippen LogP contribution in [0, 0.1) is 6.92 Å². The number of hydrogen-bond acceptors (Lipinski definition) is 5. The van der Waals surface area contributed by atoms with Gasteiger partial charge in [-0.3, -0.25) is 0 Å². The van der Waals surface area contributed by atoms with E-state index >= 15 is 0 Å². The van der Waals surface area contributed by atoms with Crippen LogP contribution in [0.4, 0.5) is 0 Å². The first-order valence-electron chi connectivity index (χ1n) is 11.5. The number of fused-ring (bicyclic) bond motifs is 1. The number of phenolic OH excluding ortho intramolecular Hbond substituents is 1. The van der Waals surface area contributed by atoms with Crippen molar-refractivity contribution in [2.45, 2.75) is 90.4 Å². The summed E-state index contributed by atoms with van der Waals surface area (Å²) in [6.45, 7) is 9.50. The van der Waals surface area contributed by atoms with Crippen molar-refractivity contribution in [3.8, 4) is 11.5 Å². The van der Waals surface area contributed by atoms with E-state index in [0.29, 0.717) is 18.4 Å². The van der Waals surface area contributed by atoms with E-state index in [1.807, 2.05) is 19.1 Å². The molecule has 1 aromatic carbocycles. The molecule has 0 unspecified atom stereocenters. The average molecular weight is 441 g/mol. The van der Waals surface area contributed by atoms with Gasteiger partial charge in [-0.2, -0.15) is 0 Å². The Balaban J connectivity index is 1.48. The van der Waals surface area contributed by atoms with E-state index in [0.717, 1.165) is 42.6 Å². The van der Waals surface area contributed by atoms with Crippen molar-refractivity contribution in [3.63, 3.8) is 0 Å². The zero-order valence-electron chi connectivity index (χ0n) is 19.9. The lowest BCUT2D eigenvalue weighted by atomic mass is 9.92. The first kappa shape index (κ1) is 24.1. The van der Waals surface area contributed by atoms with E-state index < -0.39 is 11.7 Å². The second-order valence-corrected chi connectivity index (χ2v) is 9.87. The lowest BCUT2D eigenvalue weighted by Crippen LogP contribution is -2.42. The number of cyclic esters (lactones) is 1. The molecule has 2 aliphatic rings. The summed E-state index contributed by atoms with van der Waals surface area (Å²) in [5.41, 5.74) is 2.46. The molecule has 0 aromatic heterocycles. The van der Waals surface area contributed by atoms with Crippen molar-refractivity contribution in [1.29, 1.82) is 0 Å². The summed E-state index contributed by atoms with van der Waals surface area (Å²) in [7, 11) is 0. The molecule has 32 heavy (non-hydrogen) atoms. The van der Waals surface area contributed by atoms with Gasteiger partial charge in [-0.15, -0.1) is 0 Å². The zero-order chi connectivity index (χ0) is 23.5. The molecule has 2 heterocycles. The van der Waals surface area contributed by atoms with Gasteiger partial charge in [0.2, 0.25) is 0 Å². The number of hydrogen-bond donors (Lipinski definition) is 2. The maximum Gasteiger partial charge on any atom is 0.334 e. The number of aliphatic hydroxyl groups is 1. The van der Waals surface area contributed by atoms with Gasteiger partial charge in [-0.1, -0.05) is 23.8 Å². The fourth-order valence-corrected chi connectivity index (χ4v) is 4.23. The van der Waals surface area contributed by atoms with Crippen LogP contribution < -0.4 is 4.74 Å². The molecule has 5 nitrogen and oxygen atoms in total. The van der Waals surface area contributed by atoms with Crippen LogP contribution in [0.5, 0.6) is 11.5 Å². The van der Waals surface area contributed by atoms with E-state index in [-0.39, 0.29) is 17.3 Å². The molecule has 2 aliphatic heterocycles. The first-order chi connectivity index (χ1) is 15.0. The van der Waals surface area contributed by atoms with E-state index in [1.165, 1.54) is 5.57 Å². The Labute approximate surface area is 191 Å². The van der Waals surface area contributed by atoms with E-state index in [1.54, 1.807) is 26.0 Å². The molecule has 174 valence electrons. The maximum atomic E-state index is 12.2. The van der Waals surface area contributed by atoms with Crippen molar-refractivity contribution in [3.05, 3.63) is 52.6 Å². The number of benzene rings is 1. The summed E-state index contributed by atoms with van der Waals surface area (Å²) in [4.78, 5) is 12.2. The van der Waals surface area contributed by atoms with Crippen LogP contribution in [0.15, 0.2) is 41.5 Å². The molecule has 0 bridgehead atoms. The normalized spacial score (nSPS) is 24.8. The van der Waals surface area contributed by atoms with E-state index in [2.05, 4.69) is 26.0 Å². The highest BCUT2D eigenvalue weighted by Crippen LogP contribution is 2.38. The Morgan fingerprint density at radius 1 is 1.31 bits per heavy atom. The van der Waals surface area contributed by atoms with Crippen LogP contribution >= 0.6 is 0 Å². The molecule has 2 atom stereocenters. The van der Waals surface area contributed by atoms with E-state index in [4.69, 9.17) is 9.47 Å². The predicted molar refractivity (Wildman–Crippen MR) is 127 cm³/mol. The molecule has 0 radical (unpaired) electrons. The Morgan fingerprint density at radius 2 is 2.06 bits per heavy atom. The van der Waals surface area contributed by atoms with Crippen LogP contribution in [0.2, 0.25) is 0 Å². The number of esters is 1. The summed E-state index contributed by atoms with van der Waals surface area (Å²) in [6.07, 6.45) is 12.6. The third-order valence-corrected chi connectivity index (χ3v) is 6.28. The van der Waals surface area contributed by atoms with Crippen molar-refractivity contribution in [2.75, 3.05) is 0 Å². The minimum absolute atomic E-state index is 0.255. The molecule has 0 aliphatic carbocycles. The fourth-order valence-electron chi connectivity index (χ4n) is 4.23. The maximum absolute atomic E-state index is 12.2. The second kappa shape index (κ2) is 9.53. The minimum Gasteiger partial charge on any atom is -0.508 e. The highest BCUT2D eigenvalue weighted by molar-refractivity contribution is 5.89. The highest BCUT2D eigenvalue weighted by atomic mass is 16.6. The van der Waals surface area contributed by atoms with Gasteiger partial charge in [-0.25, -0.2) is 4.79 Å². The molecule has 5 heteroatoms. The van der Waals surface area contributed by atoms with Gasteiger partial charge in [0.25, 0.3) is 0 Å². The van der Waals surface area contributed by atoms with Gasteiger partial charge in [-0.05, 0) is 96.9 Å². The lowest BCUT2D eigenvalue weighted by molar-refractivity contribution is -0.162. The van der Waals surface area contributed by atoms with Crippen molar-refractivity contribution >= 4 is 12.0 Å². The zero-order valence-corrected chi connectivity index (χ0v) is 19.9. The summed E-state index contributed by atoms with van der Waals surface area (Å²) in [6, 6.07) is 3.45. The molecular weight excluding hydrogens is 404 g/mol. The second-order valence-electron chi connectivity index (χ2n) is 9.87. The smallest absolute Gasteiger partial charge is 0.334 e. The van der Waals surface area contributed by atoms with Crippen LogP contribution in [-0.4, -0.2) is 33.5 Å². The predicted octanol–water partition coefficient (Wildman–Crippen LogP) is 5.77. The Morgan fingerprint density at radius 3 is 2.75 bits per heavy atom. The number of aryl methyl sites for hydroxylation is 1. The molecule has 1 saturated heterocycles. The van der Waals surface area contributed by atoms with Crippen LogP contribution in [0.25, 0.3) is 6.08 Å². The number of carbonyl (C=O) groups is 1. The van der Waals surface area contributed by atoms with Gasteiger partial charge in [0, 0.05) is 11.1 Å². The van der Waals surface area contributed by atoms with Crippen molar-refractivity contribution < 1.29 is 24.5 Å². The average Bonchev–Trinajstić information content (AvgIpc) is 2.69. The molecular formula is C27H36O5. The third-order valence-electron chi connectivity index (χ3n) is 6.28. The van der Waals surface area contributed by atoms with Gasteiger partial charge < -0.3 is 19.7 Å². The lowest BCUT2D eigenvalue weighted by Gasteiger charge is -2.32. The molecule has 0 saturated carbocycles. The number of ether oxygens (including phenoxy) is 2. The van der Waals surface area contributed by atoms with Gasteiger partial charge in [0.1, 0.15) is 23.2 Å². The number of phenols is 1. The summed E-state index contributed by atoms with van der Waals surface area (Å²) >= 11 is 0. The number of rotatable bonds is 7. The topological polar surface area (TPSA) is 76.0 Å². The summed E-state index contributed by atoms with van der Waals surface area (Å²) < 4.78 is 11.7. The summed E-state index contributed by atoms with van der Waals surface area (Å²) in [5.74, 6) is 0.791. The number of carbonyl (C=O) groups excluding carboxylic acids is 1. The van der Waals surface area contributed by atoms with Gasteiger partial charge in [0.05, 0.1) is 5.60 Å². The molecule has 1 fully saturated rings. The largest absolute Gasteiger partial charge is 0.508 e. The highest BCUT2D eigenvalue weighted by Gasteiger charge is 2.35. The number of allylic oxidation sites excluding steroid dienone is 3. The summed E-state index contributed by atoms with van der Waals surface area (Å²) in [5, 5.41) is 19.8. The quantitative estimate of drug-likeness (QED) is 0.320. The monoisotopic (exact) mass is 440 g/mol. The molecule has 3 rings (SSSR count). The first-order valence-corrected chi connectivity index (χ1v) is 11.5. The Bertz CT molecular complexity index is 948. The van der Waals surface area contributed by atoms with Crippen molar-refractivity contribution in [1.82, 2.24) is 0 Å².